The molecule has 21 heavy (non-hydrogen) atoms. The molecule has 0 aliphatic heterocycles. The number of fused-ring (bicyclic) bond motifs is 1. The minimum Gasteiger partial charge on any atom is -0.453 e. The lowest BCUT2D eigenvalue weighted by Crippen LogP contribution is -1.98. The van der Waals surface area contributed by atoms with Crippen LogP contribution in [0.15, 0.2) is 42.6 Å². The van der Waals surface area contributed by atoms with Gasteiger partial charge in [0.05, 0.1) is 5.02 Å². The lowest BCUT2D eigenvalue weighted by atomic mass is 10.2. The summed E-state index contributed by atoms with van der Waals surface area (Å²) in [6.07, 6.45) is 1.57. The fourth-order valence-corrected chi connectivity index (χ4v) is 2.17. The number of nitrogens with two attached hydrogens (primary N) is 1. The number of hydrogen-bond acceptors (Lipinski definition) is 3. The largest absolute Gasteiger partial charge is 0.453 e. The Kier molecular flexibility index (Phi) is 3.35. The van der Waals surface area contributed by atoms with Crippen molar-refractivity contribution in [2.45, 2.75) is 0 Å². The number of hydrogen-bond donors (Lipinski definition) is 1. The van der Waals surface area contributed by atoms with E-state index in [4.69, 9.17) is 22.1 Å². The first-order valence-electron chi connectivity index (χ1n) is 6.02. The van der Waals surface area contributed by atoms with Gasteiger partial charge in [0, 0.05) is 23.7 Å². The second-order valence-electron chi connectivity index (χ2n) is 4.35. The molecule has 106 valence electrons. The zero-order chi connectivity index (χ0) is 15.0. The molecule has 0 unspecified atom stereocenters. The van der Waals surface area contributed by atoms with Crippen LogP contribution in [0, 0.1) is 11.6 Å². The third-order valence-electron chi connectivity index (χ3n) is 2.96. The number of benzene rings is 2. The Bertz CT molecular complexity index is 839. The zero-order valence-corrected chi connectivity index (χ0v) is 11.4. The number of anilines is 1. The van der Waals surface area contributed by atoms with E-state index < -0.39 is 11.6 Å². The lowest BCUT2D eigenvalue weighted by Gasteiger charge is -2.11. The number of nitrogens with zero attached hydrogens (tertiary/aromatic N) is 1. The van der Waals surface area contributed by atoms with Gasteiger partial charge in [-0.05, 0) is 24.3 Å². The summed E-state index contributed by atoms with van der Waals surface area (Å²) in [6, 6.07) is 8.40. The molecule has 2 N–H and O–H groups in total. The highest BCUT2D eigenvalue weighted by atomic mass is 35.5. The van der Waals surface area contributed by atoms with Gasteiger partial charge in [0.25, 0.3) is 0 Å². The van der Waals surface area contributed by atoms with Crippen molar-refractivity contribution >= 4 is 28.2 Å². The first-order chi connectivity index (χ1) is 10.1. The molecule has 0 saturated heterocycles. The van der Waals surface area contributed by atoms with E-state index in [1.807, 2.05) is 0 Å². The number of aromatic nitrogens is 1. The van der Waals surface area contributed by atoms with Crippen molar-refractivity contribution in [3.63, 3.8) is 0 Å². The molecule has 0 spiro atoms. The summed E-state index contributed by atoms with van der Waals surface area (Å²) in [5.41, 5.74) is 5.77. The van der Waals surface area contributed by atoms with Crippen LogP contribution in [0.1, 0.15) is 0 Å². The van der Waals surface area contributed by atoms with Gasteiger partial charge >= 0.3 is 0 Å². The number of ether oxygens (including phenoxy) is 1. The Morgan fingerprint density at radius 3 is 2.71 bits per heavy atom. The summed E-state index contributed by atoms with van der Waals surface area (Å²) in [4.78, 5) is 4.17. The van der Waals surface area contributed by atoms with Crippen LogP contribution in [0.2, 0.25) is 5.02 Å². The van der Waals surface area contributed by atoms with E-state index in [1.165, 1.54) is 0 Å². The van der Waals surface area contributed by atoms with Crippen molar-refractivity contribution in [1.82, 2.24) is 4.98 Å². The molecule has 0 radical (unpaired) electrons. The maximum Gasteiger partial charge on any atom is 0.156 e. The molecule has 0 amide bonds. The van der Waals surface area contributed by atoms with Crippen LogP contribution in [0.5, 0.6) is 11.5 Å². The second kappa shape index (κ2) is 5.18. The number of rotatable bonds is 2. The first-order valence-corrected chi connectivity index (χ1v) is 6.39. The molecule has 0 aliphatic rings. The highest BCUT2D eigenvalue weighted by molar-refractivity contribution is 6.35. The third kappa shape index (κ3) is 2.48. The molecule has 3 nitrogen and oxygen atoms in total. The molecule has 0 atom stereocenters. The average molecular weight is 307 g/mol. The van der Waals surface area contributed by atoms with Crippen LogP contribution in [-0.4, -0.2) is 4.98 Å². The van der Waals surface area contributed by atoms with Crippen molar-refractivity contribution in [3.8, 4) is 11.5 Å². The highest BCUT2D eigenvalue weighted by Crippen LogP contribution is 2.35. The Morgan fingerprint density at radius 2 is 1.90 bits per heavy atom. The van der Waals surface area contributed by atoms with Gasteiger partial charge in [-0.15, -0.1) is 0 Å². The number of halogens is 3. The Labute approximate surface area is 123 Å². The van der Waals surface area contributed by atoms with Gasteiger partial charge in [-0.1, -0.05) is 11.6 Å². The predicted molar refractivity (Wildman–Crippen MR) is 77.6 cm³/mol. The average Bonchev–Trinajstić information content (AvgIpc) is 2.47. The quantitative estimate of drug-likeness (QED) is 0.707. The molecule has 0 fully saturated rings. The van der Waals surface area contributed by atoms with Gasteiger partial charge < -0.3 is 10.5 Å². The van der Waals surface area contributed by atoms with Crippen molar-refractivity contribution in [2.24, 2.45) is 0 Å². The van der Waals surface area contributed by atoms with E-state index in [0.717, 1.165) is 6.07 Å². The molecule has 3 rings (SSSR count). The Balaban J connectivity index is 2.13. The summed E-state index contributed by atoms with van der Waals surface area (Å²) in [5, 5.41) is 1.18. The van der Waals surface area contributed by atoms with Crippen molar-refractivity contribution in [3.05, 3.63) is 59.3 Å². The van der Waals surface area contributed by atoms with Gasteiger partial charge in [-0.2, -0.15) is 0 Å². The highest BCUT2D eigenvalue weighted by Gasteiger charge is 2.13. The minimum atomic E-state index is -0.878. The summed E-state index contributed by atoms with van der Waals surface area (Å²) < 4.78 is 32.2. The van der Waals surface area contributed by atoms with Crippen LogP contribution < -0.4 is 10.5 Å². The number of nitrogen functional groups attached to an aromatic ring is 1. The van der Waals surface area contributed by atoms with Crippen molar-refractivity contribution in [1.29, 1.82) is 0 Å². The summed E-state index contributed by atoms with van der Waals surface area (Å²) in [6.45, 7) is 0. The van der Waals surface area contributed by atoms with Crippen molar-refractivity contribution in [2.75, 3.05) is 5.73 Å². The van der Waals surface area contributed by atoms with E-state index in [2.05, 4.69) is 4.98 Å². The standard InChI is InChI=1S/C15H9ClF2N2O/c16-10-3-4-12(15-9(10)2-1-5-20-15)21-13-7-8(17)6-11(18)14(13)19/h1-7H,19H2. The minimum absolute atomic E-state index is 0.109. The lowest BCUT2D eigenvalue weighted by molar-refractivity contribution is 0.476. The normalized spacial score (nSPS) is 10.8. The van der Waals surface area contributed by atoms with Crippen molar-refractivity contribution < 1.29 is 13.5 Å². The van der Waals surface area contributed by atoms with E-state index in [0.29, 0.717) is 27.7 Å². The van der Waals surface area contributed by atoms with Crippen LogP contribution >= 0.6 is 11.6 Å². The zero-order valence-electron chi connectivity index (χ0n) is 10.6. The van der Waals surface area contributed by atoms with Crippen LogP contribution in [-0.2, 0) is 0 Å². The van der Waals surface area contributed by atoms with Crippen LogP contribution in [0.4, 0.5) is 14.5 Å². The topological polar surface area (TPSA) is 48.1 Å². The molecule has 1 heterocycles. The smallest absolute Gasteiger partial charge is 0.156 e. The van der Waals surface area contributed by atoms with E-state index in [-0.39, 0.29) is 11.4 Å². The SMILES string of the molecule is Nc1c(F)cc(F)cc1Oc1ccc(Cl)c2cccnc12. The first kappa shape index (κ1) is 13.6. The molecular formula is C15H9ClF2N2O. The monoisotopic (exact) mass is 306 g/mol. The van der Waals surface area contributed by atoms with Crippen LogP contribution in [0.25, 0.3) is 10.9 Å². The summed E-state index contributed by atoms with van der Waals surface area (Å²) in [7, 11) is 0. The second-order valence-corrected chi connectivity index (χ2v) is 4.75. The van der Waals surface area contributed by atoms with Gasteiger partial charge in [0.15, 0.2) is 17.3 Å². The fraction of sp³-hybridized carbons (Fsp3) is 0. The molecule has 2 aromatic carbocycles. The molecule has 1 aromatic heterocycles. The molecule has 0 saturated carbocycles. The van der Waals surface area contributed by atoms with E-state index in [1.54, 1.807) is 30.5 Å². The van der Waals surface area contributed by atoms with Crippen LogP contribution in [0.3, 0.4) is 0 Å². The molecule has 0 aliphatic carbocycles. The maximum atomic E-state index is 13.4. The molecule has 6 heteroatoms. The summed E-state index contributed by atoms with van der Waals surface area (Å²) in [5.74, 6) is -1.45. The fourth-order valence-electron chi connectivity index (χ4n) is 1.96. The maximum absolute atomic E-state index is 13.4. The third-order valence-corrected chi connectivity index (χ3v) is 3.29. The summed E-state index contributed by atoms with van der Waals surface area (Å²) >= 11 is 6.07. The van der Waals surface area contributed by atoms with Gasteiger partial charge in [-0.25, -0.2) is 8.78 Å². The Hall–Kier alpha value is -2.40. The Morgan fingerprint density at radius 1 is 1.10 bits per heavy atom. The van der Waals surface area contributed by atoms with Gasteiger partial charge in [0.2, 0.25) is 0 Å². The number of pyridine rings is 1. The molecule has 3 aromatic rings. The molecular weight excluding hydrogens is 298 g/mol. The van der Waals surface area contributed by atoms with Gasteiger partial charge in [0.1, 0.15) is 17.0 Å². The van der Waals surface area contributed by atoms with E-state index >= 15 is 0 Å². The van der Waals surface area contributed by atoms with Gasteiger partial charge in [-0.3, -0.25) is 4.98 Å². The van der Waals surface area contributed by atoms with E-state index in [9.17, 15) is 8.78 Å². The predicted octanol–water partition coefficient (Wildman–Crippen LogP) is 4.54. The molecule has 0 bridgehead atoms.